The maximum absolute atomic E-state index is 12.5. The lowest BCUT2D eigenvalue weighted by atomic mass is 9.72. The third-order valence-electron chi connectivity index (χ3n) is 3.27. The molecule has 0 N–H and O–H groups in total. The van der Waals surface area contributed by atoms with Gasteiger partial charge in [0.05, 0.1) is 5.92 Å². The molecule has 120 valence electrons. The summed E-state index contributed by atoms with van der Waals surface area (Å²) in [5.41, 5.74) is -0.00379. The molecule has 0 aliphatic carbocycles. The van der Waals surface area contributed by atoms with E-state index in [1.165, 1.54) is 0 Å². The van der Waals surface area contributed by atoms with Crippen molar-refractivity contribution >= 4 is 5.97 Å². The molecule has 0 rings (SSSR count). The summed E-state index contributed by atoms with van der Waals surface area (Å²) < 4.78 is 11.1. The summed E-state index contributed by atoms with van der Waals surface area (Å²) >= 11 is 0. The number of hydrogen-bond donors (Lipinski definition) is 0. The summed E-state index contributed by atoms with van der Waals surface area (Å²) in [6.45, 7) is 17.3. The predicted octanol–water partition coefficient (Wildman–Crippen LogP) is 4.79. The van der Waals surface area contributed by atoms with Crippen LogP contribution in [0.2, 0.25) is 0 Å². The molecular formula is C17H34O3. The molecule has 0 saturated heterocycles. The van der Waals surface area contributed by atoms with Gasteiger partial charge in [-0.05, 0) is 24.2 Å². The van der Waals surface area contributed by atoms with Gasteiger partial charge in [0.15, 0.2) is 0 Å². The highest BCUT2D eigenvalue weighted by atomic mass is 16.7. The first-order chi connectivity index (χ1) is 9.01. The Bertz CT molecular complexity index is 278. The minimum atomic E-state index is -0.401. The Hall–Kier alpha value is -0.570. The van der Waals surface area contributed by atoms with Gasteiger partial charge in [-0.2, -0.15) is 0 Å². The van der Waals surface area contributed by atoms with Crippen LogP contribution in [0.4, 0.5) is 0 Å². The van der Waals surface area contributed by atoms with Crippen molar-refractivity contribution in [3.05, 3.63) is 0 Å². The van der Waals surface area contributed by atoms with Crippen LogP contribution in [0.5, 0.6) is 0 Å². The van der Waals surface area contributed by atoms with Crippen LogP contribution < -0.4 is 0 Å². The van der Waals surface area contributed by atoms with Crippen LogP contribution in [0, 0.1) is 16.7 Å². The quantitative estimate of drug-likeness (QED) is 0.498. The van der Waals surface area contributed by atoms with E-state index in [1.54, 1.807) is 0 Å². The van der Waals surface area contributed by atoms with Gasteiger partial charge in [-0.3, -0.25) is 4.79 Å². The highest BCUT2D eigenvalue weighted by Crippen LogP contribution is 2.37. The number of rotatable bonds is 7. The lowest BCUT2D eigenvalue weighted by molar-refractivity contribution is -0.188. The zero-order valence-corrected chi connectivity index (χ0v) is 14.7. The van der Waals surface area contributed by atoms with Gasteiger partial charge in [-0.15, -0.1) is 0 Å². The Morgan fingerprint density at radius 1 is 1.05 bits per heavy atom. The predicted molar refractivity (Wildman–Crippen MR) is 83.4 cm³/mol. The third kappa shape index (κ3) is 7.88. The van der Waals surface area contributed by atoms with Crippen LogP contribution in [-0.2, 0) is 14.3 Å². The Morgan fingerprint density at radius 3 is 1.95 bits per heavy atom. The molecule has 3 nitrogen and oxygen atoms in total. The molecule has 0 fully saturated rings. The molecule has 0 spiro atoms. The zero-order valence-electron chi connectivity index (χ0n) is 14.7. The normalized spacial score (nSPS) is 15.8. The SMILES string of the molecule is CCCC(OCC)OC(=O)C(CC(C)(C)C)C(C)(C)C. The van der Waals surface area contributed by atoms with E-state index in [0.29, 0.717) is 6.61 Å². The topological polar surface area (TPSA) is 35.5 Å². The Labute approximate surface area is 125 Å². The molecular weight excluding hydrogens is 252 g/mol. The van der Waals surface area contributed by atoms with Gasteiger partial charge >= 0.3 is 5.97 Å². The van der Waals surface area contributed by atoms with Crippen molar-refractivity contribution in [2.75, 3.05) is 6.61 Å². The van der Waals surface area contributed by atoms with Gasteiger partial charge in [-0.25, -0.2) is 0 Å². The fourth-order valence-corrected chi connectivity index (χ4v) is 2.17. The summed E-state index contributed by atoms with van der Waals surface area (Å²) in [5, 5.41) is 0. The van der Waals surface area contributed by atoms with E-state index in [4.69, 9.17) is 9.47 Å². The van der Waals surface area contributed by atoms with Crippen molar-refractivity contribution in [2.45, 2.75) is 80.9 Å². The molecule has 0 radical (unpaired) electrons. The number of carbonyl (C=O) groups excluding carboxylic acids is 1. The highest BCUT2D eigenvalue weighted by Gasteiger charge is 2.36. The molecule has 2 atom stereocenters. The molecule has 0 heterocycles. The minimum absolute atomic E-state index is 0.100. The zero-order chi connectivity index (χ0) is 16.0. The van der Waals surface area contributed by atoms with Crippen molar-refractivity contribution in [3.8, 4) is 0 Å². The second-order valence-corrected chi connectivity index (χ2v) is 7.79. The van der Waals surface area contributed by atoms with Crippen LogP contribution >= 0.6 is 0 Å². The van der Waals surface area contributed by atoms with Crippen LogP contribution in [0.25, 0.3) is 0 Å². The fourth-order valence-electron chi connectivity index (χ4n) is 2.17. The second kappa shape index (κ2) is 8.02. The van der Waals surface area contributed by atoms with Gasteiger partial charge in [0.25, 0.3) is 0 Å². The average Bonchev–Trinajstić information content (AvgIpc) is 2.23. The standard InChI is InChI=1S/C17H34O3/c1-9-11-14(19-10-2)20-15(18)13(17(6,7)8)12-16(3,4)5/h13-14H,9-12H2,1-8H3. The fraction of sp³-hybridized carbons (Fsp3) is 0.941. The largest absolute Gasteiger partial charge is 0.436 e. The van der Waals surface area contributed by atoms with Gasteiger partial charge < -0.3 is 9.47 Å². The van der Waals surface area contributed by atoms with Crippen molar-refractivity contribution in [1.82, 2.24) is 0 Å². The molecule has 0 saturated carbocycles. The average molecular weight is 286 g/mol. The van der Waals surface area contributed by atoms with Crippen LogP contribution in [0.1, 0.15) is 74.7 Å². The lowest BCUT2D eigenvalue weighted by Gasteiger charge is -2.34. The molecule has 0 aliphatic heterocycles. The number of ether oxygens (including phenoxy) is 2. The monoisotopic (exact) mass is 286 g/mol. The molecule has 0 aromatic carbocycles. The van der Waals surface area contributed by atoms with Crippen molar-refractivity contribution < 1.29 is 14.3 Å². The summed E-state index contributed by atoms with van der Waals surface area (Å²) in [4.78, 5) is 12.5. The lowest BCUT2D eigenvalue weighted by Crippen LogP contribution is -2.36. The van der Waals surface area contributed by atoms with Crippen LogP contribution in [0.3, 0.4) is 0 Å². The Kier molecular flexibility index (Phi) is 7.79. The Balaban J connectivity index is 4.86. The maximum atomic E-state index is 12.5. The van der Waals surface area contributed by atoms with Crippen molar-refractivity contribution in [1.29, 1.82) is 0 Å². The summed E-state index contributed by atoms with van der Waals surface area (Å²) in [5.74, 6) is -0.235. The number of carbonyl (C=O) groups is 1. The minimum Gasteiger partial charge on any atom is -0.436 e. The van der Waals surface area contributed by atoms with E-state index < -0.39 is 6.29 Å². The maximum Gasteiger partial charge on any atom is 0.311 e. The van der Waals surface area contributed by atoms with E-state index >= 15 is 0 Å². The van der Waals surface area contributed by atoms with Gasteiger partial charge in [-0.1, -0.05) is 54.9 Å². The summed E-state index contributed by atoms with van der Waals surface area (Å²) in [6, 6.07) is 0. The van der Waals surface area contributed by atoms with Gasteiger partial charge in [0.2, 0.25) is 6.29 Å². The summed E-state index contributed by atoms with van der Waals surface area (Å²) in [7, 11) is 0. The highest BCUT2D eigenvalue weighted by molar-refractivity contribution is 5.73. The first-order valence-corrected chi connectivity index (χ1v) is 7.83. The van der Waals surface area contributed by atoms with E-state index in [1.807, 2.05) is 6.92 Å². The van der Waals surface area contributed by atoms with E-state index in [-0.39, 0.29) is 22.7 Å². The van der Waals surface area contributed by atoms with Crippen LogP contribution in [-0.4, -0.2) is 18.9 Å². The number of hydrogen-bond acceptors (Lipinski definition) is 3. The molecule has 3 heteroatoms. The second-order valence-electron chi connectivity index (χ2n) is 7.79. The molecule has 0 bridgehead atoms. The molecule has 0 amide bonds. The first-order valence-electron chi connectivity index (χ1n) is 7.83. The van der Waals surface area contributed by atoms with E-state index in [2.05, 4.69) is 48.5 Å². The Morgan fingerprint density at radius 2 is 1.60 bits per heavy atom. The van der Waals surface area contributed by atoms with Crippen molar-refractivity contribution in [2.24, 2.45) is 16.7 Å². The molecule has 0 aromatic heterocycles. The third-order valence-corrected chi connectivity index (χ3v) is 3.27. The van der Waals surface area contributed by atoms with Crippen LogP contribution in [0.15, 0.2) is 0 Å². The van der Waals surface area contributed by atoms with E-state index in [9.17, 15) is 4.79 Å². The van der Waals surface area contributed by atoms with Gasteiger partial charge in [0.1, 0.15) is 0 Å². The molecule has 0 aromatic rings. The number of esters is 1. The smallest absolute Gasteiger partial charge is 0.311 e. The summed E-state index contributed by atoms with van der Waals surface area (Å²) in [6.07, 6.45) is 2.12. The van der Waals surface area contributed by atoms with Crippen molar-refractivity contribution in [3.63, 3.8) is 0 Å². The molecule has 20 heavy (non-hydrogen) atoms. The molecule has 0 aliphatic rings. The van der Waals surface area contributed by atoms with Gasteiger partial charge in [0, 0.05) is 13.0 Å². The van der Waals surface area contributed by atoms with E-state index in [0.717, 1.165) is 19.3 Å². The molecule has 2 unspecified atom stereocenters. The first kappa shape index (κ1) is 19.4.